The number of allylic oxidation sites excluding steroid dienone is 5. The molecule has 1 aliphatic rings. The number of hydroxylamine groups is 1. The smallest absolute Gasteiger partial charge is 0.858 e. The minimum absolute atomic E-state index is 0. The zero-order valence-electron chi connectivity index (χ0n) is 8.87. The van der Waals surface area contributed by atoms with E-state index in [2.05, 4.69) is 10.3 Å². The van der Waals surface area contributed by atoms with E-state index >= 15 is 0 Å². The third-order valence-electron chi connectivity index (χ3n) is 1.68. The second-order valence-corrected chi connectivity index (χ2v) is 2.77. The van der Waals surface area contributed by atoms with Crippen LogP contribution in [0.15, 0.2) is 66.1 Å². The zero-order chi connectivity index (χ0) is 10.9. The van der Waals surface area contributed by atoms with Crippen LogP contribution < -0.4 is 10.6 Å². The Bertz CT molecular complexity index is 322. The van der Waals surface area contributed by atoms with Gasteiger partial charge in [-0.3, -0.25) is 10.3 Å². The molecular formula is C12H13FeNO2. The summed E-state index contributed by atoms with van der Waals surface area (Å²) in [5.41, 5.74) is 2.82. The summed E-state index contributed by atoms with van der Waals surface area (Å²) >= 11 is 0. The van der Waals surface area contributed by atoms with E-state index in [0.717, 1.165) is 0 Å². The summed E-state index contributed by atoms with van der Waals surface area (Å²) in [6.07, 6.45) is 7.03. The third-order valence-corrected chi connectivity index (χ3v) is 1.68. The molecule has 4 heteroatoms. The Morgan fingerprint density at radius 1 is 1.25 bits per heavy atom. The Kier molecular flexibility index (Phi) is 8.17. The van der Waals surface area contributed by atoms with Gasteiger partial charge >= 0.3 is 17.1 Å². The van der Waals surface area contributed by atoms with Crippen LogP contribution in [0.25, 0.3) is 0 Å². The van der Waals surface area contributed by atoms with Gasteiger partial charge in [-0.2, -0.15) is 18.2 Å². The van der Waals surface area contributed by atoms with Gasteiger partial charge < -0.3 is 5.11 Å². The van der Waals surface area contributed by atoms with Crippen LogP contribution >= 0.6 is 0 Å². The van der Waals surface area contributed by atoms with Crippen LogP contribution in [0.3, 0.4) is 0 Å². The average molecular weight is 259 g/mol. The first-order chi connectivity index (χ1) is 7.34. The molecule has 0 radical (unpaired) electrons. The van der Waals surface area contributed by atoms with E-state index < -0.39 is 0 Å². The number of hydrogen-bond acceptors (Lipinski definition) is 3. The van der Waals surface area contributed by atoms with Gasteiger partial charge in [-0.05, 0) is 11.5 Å². The van der Waals surface area contributed by atoms with Gasteiger partial charge in [-0.15, -0.1) is 0 Å². The molecule has 0 amide bonds. The Morgan fingerprint density at radius 3 is 2.19 bits per heavy atom. The second-order valence-electron chi connectivity index (χ2n) is 2.77. The predicted octanol–water partition coefficient (Wildman–Crippen LogP) is 1.24. The molecule has 1 aromatic carbocycles. The van der Waals surface area contributed by atoms with Crippen LogP contribution in [-0.2, 0) is 21.9 Å². The maximum absolute atomic E-state index is 10.9. The summed E-state index contributed by atoms with van der Waals surface area (Å²) in [5, 5.41) is 10.9. The number of nitrogens with one attached hydrogen (secondary N) is 1. The molecule has 0 fully saturated rings. The monoisotopic (exact) mass is 259 g/mol. The first-order valence-electron chi connectivity index (χ1n) is 4.56. The van der Waals surface area contributed by atoms with E-state index in [1.54, 1.807) is 24.3 Å². The third kappa shape index (κ3) is 5.51. The zero-order valence-corrected chi connectivity index (χ0v) is 9.97. The van der Waals surface area contributed by atoms with Crippen molar-refractivity contribution < 1.29 is 27.0 Å². The van der Waals surface area contributed by atoms with Crippen LogP contribution in [0.4, 0.5) is 0 Å². The summed E-state index contributed by atoms with van der Waals surface area (Å²) < 4.78 is 0. The number of rotatable bonds is 2. The Balaban J connectivity index is 0.000000318. The minimum Gasteiger partial charge on any atom is -0.858 e. The topological polar surface area (TPSA) is 44.3 Å². The normalized spacial score (nSPS) is 11.4. The molecule has 0 atom stereocenters. The fraction of sp³-hybridized carbons (Fsp3) is 0.0833. The van der Waals surface area contributed by atoms with Crippen LogP contribution in [0.2, 0.25) is 0 Å². The van der Waals surface area contributed by atoms with E-state index in [1.165, 1.54) is 7.11 Å². The largest absolute Gasteiger partial charge is 2.00 e. The molecule has 1 aliphatic carbocycles. The van der Waals surface area contributed by atoms with Gasteiger partial charge in [0, 0.05) is 0 Å². The summed E-state index contributed by atoms with van der Waals surface area (Å²) in [6, 6.07) is 10.0. The maximum Gasteiger partial charge on any atom is 2.00 e. The predicted molar refractivity (Wildman–Crippen MR) is 57.5 cm³/mol. The van der Waals surface area contributed by atoms with E-state index in [0.29, 0.717) is 5.57 Å². The minimum atomic E-state index is -0.215. The molecule has 0 spiro atoms. The molecule has 0 heterocycles. The molecule has 86 valence electrons. The average Bonchev–Trinajstić information content (AvgIpc) is 2.95. The van der Waals surface area contributed by atoms with Crippen LogP contribution in [0.1, 0.15) is 0 Å². The maximum atomic E-state index is 10.9. The van der Waals surface area contributed by atoms with Crippen molar-refractivity contribution in [2.75, 3.05) is 7.11 Å². The Morgan fingerprint density at radius 2 is 1.81 bits per heavy atom. The summed E-state index contributed by atoms with van der Waals surface area (Å²) in [6.45, 7) is 0. The van der Waals surface area contributed by atoms with Gasteiger partial charge in [-0.1, -0.05) is 24.3 Å². The summed E-state index contributed by atoms with van der Waals surface area (Å²) in [4.78, 5) is 4.43. The van der Waals surface area contributed by atoms with E-state index in [4.69, 9.17) is 0 Å². The van der Waals surface area contributed by atoms with Crippen molar-refractivity contribution >= 4 is 0 Å². The molecular weight excluding hydrogens is 246 g/mol. The fourth-order valence-corrected chi connectivity index (χ4v) is 0.998. The first-order valence-corrected chi connectivity index (χ1v) is 4.56. The molecule has 0 aliphatic heterocycles. The van der Waals surface area contributed by atoms with Crippen molar-refractivity contribution in [3.05, 3.63) is 66.1 Å². The van der Waals surface area contributed by atoms with Crippen LogP contribution in [-0.4, -0.2) is 7.11 Å². The molecule has 0 saturated carbocycles. The SMILES string of the molecule is CONC([O-])=C1C=CC=C1.[Fe+2].c1cc[cH-]c1. The Hall–Kier alpha value is -1.35. The van der Waals surface area contributed by atoms with Gasteiger partial charge in [0.2, 0.25) is 0 Å². The van der Waals surface area contributed by atoms with Crippen molar-refractivity contribution in [2.45, 2.75) is 0 Å². The quantitative estimate of drug-likeness (QED) is 0.376. The standard InChI is InChI=1S/C7H9NO2.C5H5.Fe/c1-10-8-7(9)6-4-2-3-5-6;1-2-4-5-3-1;/h2-5,8-9H,1H3;1-5H;/q;-1;+2/p-1. The fourth-order valence-electron chi connectivity index (χ4n) is 0.998. The van der Waals surface area contributed by atoms with Crippen molar-refractivity contribution in [2.24, 2.45) is 0 Å². The van der Waals surface area contributed by atoms with Gasteiger partial charge in [-0.25, -0.2) is 12.1 Å². The molecule has 3 nitrogen and oxygen atoms in total. The van der Waals surface area contributed by atoms with E-state index in [1.807, 2.05) is 30.3 Å². The molecule has 0 saturated heterocycles. The summed E-state index contributed by atoms with van der Waals surface area (Å²) in [7, 11) is 1.40. The molecule has 2 rings (SSSR count). The van der Waals surface area contributed by atoms with Gasteiger partial charge in [0.15, 0.2) is 0 Å². The molecule has 1 aromatic rings. The Labute approximate surface area is 106 Å². The first kappa shape index (κ1) is 14.6. The summed E-state index contributed by atoms with van der Waals surface area (Å²) in [5.74, 6) is -0.215. The second kappa shape index (κ2) is 8.92. The molecule has 0 aromatic heterocycles. The van der Waals surface area contributed by atoms with E-state index in [-0.39, 0.29) is 23.0 Å². The van der Waals surface area contributed by atoms with Crippen molar-refractivity contribution in [1.29, 1.82) is 0 Å². The molecule has 16 heavy (non-hydrogen) atoms. The van der Waals surface area contributed by atoms with Gasteiger partial charge in [0.25, 0.3) is 0 Å². The van der Waals surface area contributed by atoms with Crippen molar-refractivity contribution in [3.8, 4) is 0 Å². The van der Waals surface area contributed by atoms with Crippen molar-refractivity contribution in [1.82, 2.24) is 5.48 Å². The van der Waals surface area contributed by atoms with Gasteiger partial charge in [0.05, 0.1) is 7.11 Å². The number of hydrogen-bond donors (Lipinski definition) is 1. The van der Waals surface area contributed by atoms with Crippen molar-refractivity contribution in [3.63, 3.8) is 0 Å². The molecule has 1 N–H and O–H groups in total. The molecule has 0 unspecified atom stereocenters. The van der Waals surface area contributed by atoms with Gasteiger partial charge in [0.1, 0.15) is 0 Å². The molecule has 0 bridgehead atoms. The van der Waals surface area contributed by atoms with Crippen LogP contribution in [0.5, 0.6) is 0 Å². The van der Waals surface area contributed by atoms with E-state index in [9.17, 15) is 5.11 Å². The van der Waals surface area contributed by atoms with Crippen LogP contribution in [0, 0.1) is 0 Å².